The highest BCUT2D eigenvalue weighted by molar-refractivity contribution is 6.04. The SMILES string of the molecule is CCn1ncc(Cn2cc(NC(=O)c3ccc(COc4ccc(OC)cc4)cc3)cn2)c1C. The van der Waals surface area contributed by atoms with Crippen molar-refractivity contribution in [1.29, 1.82) is 0 Å². The summed E-state index contributed by atoms with van der Waals surface area (Å²) in [5.74, 6) is 1.35. The molecule has 0 bridgehead atoms. The second kappa shape index (κ2) is 10.0. The maximum absolute atomic E-state index is 12.6. The molecule has 2 aromatic heterocycles. The first-order valence-corrected chi connectivity index (χ1v) is 10.8. The molecule has 2 heterocycles. The lowest BCUT2D eigenvalue weighted by Gasteiger charge is -2.08. The summed E-state index contributed by atoms with van der Waals surface area (Å²) in [6.45, 7) is 5.95. The third kappa shape index (κ3) is 5.41. The number of nitrogens with one attached hydrogen (secondary N) is 1. The summed E-state index contributed by atoms with van der Waals surface area (Å²) in [5, 5.41) is 11.6. The number of ether oxygens (including phenoxy) is 2. The number of hydrogen-bond acceptors (Lipinski definition) is 5. The van der Waals surface area contributed by atoms with Crippen LogP contribution in [0.1, 0.15) is 34.1 Å². The first-order chi connectivity index (χ1) is 16.1. The lowest BCUT2D eigenvalue weighted by atomic mass is 10.1. The Labute approximate surface area is 192 Å². The maximum Gasteiger partial charge on any atom is 0.255 e. The number of carbonyl (C=O) groups excluding carboxylic acids is 1. The normalized spacial score (nSPS) is 10.8. The van der Waals surface area contributed by atoms with Gasteiger partial charge >= 0.3 is 0 Å². The van der Waals surface area contributed by atoms with Crippen LogP contribution >= 0.6 is 0 Å². The number of nitrogens with zero attached hydrogens (tertiary/aromatic N) is 4. The van der Waals surface area contributed by atoms with Crippen molar-refractivity contribution in [2.75, 3.05) is 12.4 Å². The van der Waals surface area contributed by atoms with E-state index in [1.165, 1.54) is 0 Å². The lowest BCUT2D eigenvalue weighted by Crippen LogP contribution is -2.11. The van der Waals surface area contributed by atoms with E-state index in [1.54, 1.807) is 30.1 Å². The molecule has 0 aliphatic rings. The Hall–Kier alpha value is -4.07. The smallest absolute Gasteiger partial charge is 0.255 e. The van der Waals surface area contributed by atoms with Gasteiger partial charge in [-0.25, -0.2) is 0 Å². The molecule has 1 amide bonds. The fraction of sp³-hybridized carbons (Fsp3) is 0.240. The second-order valence-corrected chi connectivity index (χ2v) is 7.61. The highest BCUT2D eigenvalue weighted by Crippen LogP contribution is 2.19. The van der Waals surface area contributed by atoms with E-state index in [0.717, 1.165) is 34.9 Å². The fourth-order valence-corrected chi connectivity index (χ4v) is 3.44. The third-order valence-corrected chi connectivity index (χ3v) is 5.41. The Kier molecular flexibility index (Phi) is 6.73. The molecule has 8 nitrogen and oxygen atoms in total. The van der Waals surface area contributed by atoms with E-state index in [2.05, 4.69) is 22.4 Å². The van der Waals surface area contributed by atoms with Crippen LogP contribution in [0.4, 0.5) is 5.69 Å². The number of hydrogen-bond donors (Lipinski definition) is 1. The molecule has 4 rings (SSSR count). The quantitative estimate of drug-likeness (QED) is 0.415. The molecule has 8 heteroatoms. The highest BCUT2D eigenvalue weighted by Gasteiger charge is 2.10. The van der Waals surface area contributed by atoms with Crippen molar-refractivity contribution in [2.45, 2.75) is 33.5 Å². The number of amides is 1. The Balaban J connectivity index is 1.31. The van der Waals surface area contributed by atoms with E-state index in [4.69, 9.17) is 9.47 Å². The topological polar surface area (TPSA) is 83.2 Å². The zero-order valence-electron chi connectivity index (χ0n) is 19.0. The summed E-state index contributed by atoms with van der Waals surface area (Å²) in [7, 11) is 1.63. The van der Waals surface area contributed by atoms with E-state index in [9.17, 15) is 4.79 Å². The van der Waals surface area contributed by atoms with Gasteiger partial charge in [-0.1, -0.05) is 12.1 Å². The van der Waals surface area contributed by atoms with Crippen LogP contribution in [0, 0.1) is 6.92 Å². The number of benzene rings is 2. The fourth-order valence-electron chi connectivity index (χ4n) is 3.44. The van der Waals surface area contributed by atoms with Crippen molar-refractivity contribution in [3.8, 4) is 11.5 Å². The highest BCUT2D eigenvalue weighted by atomic mass is 16.5. The molecule has 33 heavy (non-hydrogen) atoms. The van der Waals surface area contributed by atoms with Crippen LogP contribution in [-0.2, 0) is 19.7 Å². The average molecular weight is 446 g/mol. The number of rotatable bonds is 9. The standard InChI is InChI=1S/C25H27N5O3/c1-4-30-18(2)21(13-27-30)15-29-16-22(14-26-29)28-25(31)20-7-5-19(6-8-20)17-33-24-11-9-23(32-3)10-12-24/h5-14,16H,4,15,17H2,1-3H3,(H,28,31). The molecule has 2 aromatic carbocycles. The second-order valence-electron chi connectivity index (χ2n) is 7.61. The van der Waals surface area contributed by atoms with Crippen LogP contribution in [0.2, 0.25) is 0 Å². The number of anilines is 1. The molecule has 0 atom stereocenters. The molecular weight excluding hydrogens is 418 g/mol. The lowest BCUT2D eigenvalue weighted by molar-refractivity contribution is 0.102. The molecule has 0 spiro atoms. The van der Waals surface area contributed by atoms with Crippen LogP contribution in [0.3, 0.4) is 0 Å². The van der Waals surface area contributed by atoms with E-state index >= 15 is 0 Å². The van der Waals surface area contributed by atoms with Crippen molar-refractivity contribution in [3.05, 3.63) is 89.5 Å². The molecule has 0 unspecified atom stereocenters. The van der Waals surface area contributed by atoms with Crippen molar-refractivity contribution in [2.24, 2.45) is 0 Å². The van der Waals surface area contributed by atoms with Gasteiger partial charge in [0, 0.05) is 29.6 Å². The van der Waals surface area contributed by atoms with Crippen LogP contribution in [-0.4, -0.2) is 32.6 Å². The number of aromatic nitrogens is 4. The third-order valence-electron chi connectivity index (χ3n) is 5.41. The van der Waals surface area contributed by atoms with Crippen LogP contribution in [0.25, 0.3) is 0 Å². The molecule has 0 aliphatic heterocycles. The van der Waals surface area contributed by atoms with Gasteiger partial charge in [0.05, 0.1) is 31.7 Å². The molecule has 4 aromatic rings. The molecule has 0 saturated heterocycles. The van der Waals surface area contributed by atoms with Crippen LogP contribution in [0.15, 0.2) is 67.1 Å². The van der Waals surface area contributed by atoms with E-state index in [0.29, 0.717) is 24.4 Å². The van der Waals surface area contributed by atoms with Gasteiger partial charge in [-0.05, 0) is 55.8 Å². The van der Waals surface area contributed by atoms with Crippen molar-refractivity contribution in [3.63, 3.8) is 0 Å². The zero-order valence-corrected chi connectivity index (χ0v) is 19.0. The van der Waals surface area contributed by atoms with Gasteiger partial charge in [-0.2, -0.15) is 10.2 Å². The summed E-state index contributed by atoms with van der Waals surface area (Å²) in [6.07, 6.45) is 5.32. The van der Waals surface area contributed by atoms with Crippen LogP contribution in [0.5, 0.6) is 11.5 Å². The Morgan fingerprint density at radius 1 is 1.00 bits per heavy atom. The predicted octanol–water partition coefficient (Wildman–Crippen LogP) is 4.30. The molecule has 170 valence electrons. The van der Waals surface area contributed by atoms with Crippen LogP contribution < -0.4 is 14.8 Å². The zero-order chi connectivity index (χ0) is 23.2. The maximum atomic E-state index is 12.6. The van der Waals surface area contributed by atoms with E-state index in [-0.39, 0.29) is 5.91 Å². The monoisotopic (exact) mass is 445 g/mol. The van der Waals surface area contributed by atoms with E-state index < -0.39 is 0 Å². The average Bonchev–Trinajstić information content (AvgIpc) is 3.44. The van der Waals surface area contributed by atoms with Gasteiger partial charge in [0.1, 0.15) is 18.1 Å². The largest absolute Gasteiger partial charge is 0.497 e. The molecule has 0 fully saturated rings. The van der Waals surface area contributed by atoms with Gasteiger partial charge in [0.2, 0.25) is 0 Å². The minimum atomic E-state index is -0.188. The molecular formula is C25H27N5O3. The predicted molar refractivity (Wildman–Crippen MR) is 126 cm³/mol. The molecule has 0 radical (unpaired) electrons. The Morgan fingerprint density at radius 3 is 2.39 bits per heavy atom. The van der Waals surface area contributed by atoms with Gasteiger partial charge in [-0.15, -0.1) is 0 Å². The number of carbonyl (C=O) groups is 1. The molecule has 0 aliphatic carbocycles. The summed E-state index contributed by atoms with van der Waals surface area (Å²) in [5.41, 5.74) is 4.40. The Morgan fingerprint density at radius 2 is 1.73 bits per heavy atom. The van der Waals surface area contributed by atoms with Crippen molar-refractivity contribution < 1.29 is 14.3 Å². The first-order valence-electron chi connectivity index (χ1n) is 10.8. The summed E-state index contributed by atoms with van der Waals surface area (Å²) in [6, 6.07) is 14.8. The van der Waals surface area contributed by atoms with Crippen molar-refractivity contribution in [1.82, 2.24) is 19.6 Å². The number of aryl methyl sites for hydroxylation is 1. The molecule has 1 N–H and O–H groups in total. The molecule has 0 saturated carbocycles. The Bertz CT molecular complexity index is 1210. The van der Waals surface area contributed by atoms with Gasteiger partial charge < -0.3 is 14.8 Å². The van der Waals surface area contributed by atoms with Gasteiger partial charge in [-0.3, -0.25) is 14.2 Å². The summed E-state index contributed by atoms with van der Waals surface area (Å²) < 4.78 is 14.7. The van der Waals surface area contributed by atoms with Crippen molar-refractivity contribution >= 4 is 11.6 Å². The summed E-state index contributed by atoms with van der Waals surface area (Å²) in [4.78, 5) is 12.6. The summed E-state index contributed by atoms with van der Waals surface area (Å²) >= 11 is 0. The first kappa shape index (κ1) is 22.1. The van der Waals surface area contributed by atoms with Gasteiger partial charge in [0.25, 0.3) is 5.91 Å². The minimum absolute atomic E-state index is 0.188. The minimum Gasteiger partial charge on any atom is -0.497 e. The van der Waals surface area contributed by atoms with Gasteiger partial charge in [0.15, 0.2) is 0 Å². The van der Waals surface area contributed by atoms with E-state index in [1.807, 2.05) is 60.4 Å². The number of methoxy groups -OCH3 is 1.